The van der Waals surface area contributed by atoms with E-state index in [1.54, 1.807) is 13.0 Å². The molecule has 0 saturated heterocycles. The molecule has 0 radical (unpaired) electrons. The Morgan fingerprint density at radius 1 is 1.53 bits per heavy atom. The normalized spacial score (nSPS) is 11.8. The molecule has 0 heterocycles. The minimum absolute atomic E-state index is 0.0710. The molecule has 15 heavy (non-hydrogen) atoms. The maximum absolute atomic E-state index is 11.2. The molecular formula is C10H18N2O3. The highest BCUT2D eigenvalue weighted by Gasteiger charge is 2.08. The number of amides is 1. The lowest BCUT2D eigenvalue weighted by molar-refractivity contribution is -0.137. The lowest BCUT2D eigenvalue weighted by Crippen LogP contribution is -2.39. The van der Waals surface area contributed by atoms with Crippen LogP contribution in [-0.2, 0) is 9.59 Å². The van der Waals surface area contributed by atoms with Crippen LogP contribution in [0, 0.1) is 0 Å². The molecule has 0 fully saturated rings. The van der Waals surface area contributed by atoms with Crippen molar-refractivity contribution in [2.75, 3.05) is 13.1 Å². The summed E-state index contributed by atoms with van der Waals surface area (Å²) < 4.78 is 0. The molecular weight excluding hydrogens is 196 g/mol. The number of rotatable bonds is 8. The SMILES string of the molecule is C=CCNCC(=O)NC(C)CCC(=O)O. The second-order valence-electron chi connectivity index (χ2n) is 3.32. The molecule has 5 nitrogen and oxygen atoms in total. The third kappa shape index (κ3) is 8.96. The predicted octanol–water partition coefficient (Wildman–Crippen LogP) is 0.131. The van der Waals surface area contributed by atoms with Gasteiger partial charge in [0.15, 0.2) is 0 Å². The summed E-state index contributed by atoms with van der Waals surface area (Å²) >= 11 is 0. The number of carboxylic acid groups (broad SMARTS) is 1. The van der Waals surface area contributed by atoms with E-state index in [1.165, 1.54) is 0 Å². The fourth-order valence-corrected chi connectivity index (χ4v) is 1.03. The monoisotopic (exact) mass is 214 g/mol. The molecule has 3 N–H and O–H groups in total. The highest BCUT2D eigenvalue weighted by atomic mass is 16.4. The van der Waals surface area contributed by atoms with E-state index in [2.05, 4.69) is 17.2 Å². The molecule has 0 aromatic carbocycles. The summed E-state index contributed by atoms with van der Waals surface area (Å²) in [6.07, 6.45) is 2.19. The van der Waals surface area contributed by atoms with E-state index < -0.39 is 5.97 Å². The zero-order valence-electron chi connectivity index (χ0n) is 8.95. The second kappa shape index (κ2) is 7.99. The molecule has 1 atom stereocenters. The number of aliphatic carboxylic acids is 1. The number of carbonyl (C=O) groups excluding carboxylic acids is 1. The molecule has 0 aliphatic carbocycles. The maximum atomic E-state index is 11.2. The molecule has 0 rings (SSSR count). The highest BCUT2D eigenvalue weighted by molar-refractivity contribution is 5.78. The van der Waals surface area contributed by atoms with Crippen molar-refractivity contribution in [1.82, 2.24) is 10.6 Å². The van der Waals surface area contributed by atoms with Crippen molar-refractivity contribution < 1.29 is 14.7 Å². The highest BCUT2D eigenvalue weighted by Crippen LogP contribution is 1.95. The van der Waals surface area contributed by atoms with Crippen LogP contribution in [0.4, 0.5) is 0 Å². The van der Waals surface area contributed by atoms with E-state index >= 15 is 0 Å². The van der Waals surface area contributed by atoms with E-state index in [0.29, 0.717) is 13.0 Å². The Morgan fingerprint density at radius 2 is 2.20 bits per heavy atom. The maximum Gasteiger partial charge on any atom is 0.303 e. The van der Waals surface area contributed by atoms with Crippen molar-refractivity contribution in [1.29, 1.82) is 0 Å². The van der Waals surface area contributed by atoms with Crippen molar-refractivity contribution in [2.24, 2.45) is 0 Å². The fraction of sp³-hybridized carbons (Fsp3) is 0.600. The molecule has 0 aromatic rings. The summed E-state index contributed by atoms with van der Waals surface area (Å²) in [5, 5.41) is 14.0. The Bertz CT molecular complexity index is 229. The first-order valence-corrected chi connectivity index (χ1v) is 4.89. The average molecular weight is 214 g/mol. The van der Waals surface area contributed by atoms with Crippen LogP contribution in [0.25, 0.3) is 0 Å². The summed E-state index contributed by atoms with van der Waals surface area (Å²) in [6, 6.07) is -0.112. The molecule has 0 aliphatic rings. The Balaban J connectivity index is 3.57. The lowest BCUT2D eigenvalue weighted by atomic mass is 10.2. The lowest BCUT2D eigenvalue weighted by Gasteiger charge is -2.12. The van der Waals surface area contributed by atoms with Crippen LogP contribution >= 0.6 is 0 Å². The van der Waals surface area contributed by atoms with Gasteiger partial charge in [0.05, 0.1) is 6.54 Å². The summed E-state index contributed by atoms with van der Waals surface area (Å²) in [5.74, 6) is -0.976. The van der Waals surface area contributed by atoms with E-state index in [0.717, 1.165) is 0 Å². The largest absolute Gasteiger partial charge is 0.481 e. The summed E-state index contributed by atoms with van der Waals surface area (Å²) in [4.78, 5) is 21.5. The van der Waals surface area contributed by atoms with Crippen molar-refractivity contribution in [3.63, 3.8) is 0 Å². The van der Waals surface area contributed by atoms with Gasteiger partial charge in [0.25, 0.3) is 0 Å². The van der Waals surface area contributed by atoms with Crippen LogP contribution in [0.2, 0.25) is 0 Å². The van der Waals surface area contributed by atoms with E-state index in [-0.39, 0.29) is 24.9 Å². The van der Waals surface area contributed by atoms with Gasteiger partial charge in [-0.25, -0.2) is 0 Å². The number of nitrogens with one attached hydrogen (secondary N) is 2. The number of hydrogen-bond acceptors (Lipinski definition) is 3. The second-order valence-corrected chi connectivity index (χ2v) is 3.32. The van der Waals surface area contributed by atoms with Crippen molar-refractivity contribution in [3.05, 3.63) is 12.7 Å². The van der Waals surface area contributed by atoms with Gasteiger partial charge in [0.1, 0.15) is 0 Å². The Hall–Kier alpha value is -1.36. The van der Waals surface area contributed by atoms with Gasteiger partial charge >= 0.3 is 5.97 Å². The summed E-state index contributed by atoms with van der Waals surface area (Å²) in [6.45, 7) is 6.10. The molecule has 86 valence electrons. The quantitative estimate of drug-likeness (QED) is 0.396. The number of hydrogen-bond donors (Lipinski definition) is 3. The summed E-state index contributed by atoms with van der Waals surface area (Å²) in [5.41, 5.74) is 0. The third-order valence-corrected chi connectivity index (χ3v) is 1.77. The van der Waals surface area contributed by atoms with E-state index in [9.17, 15) is 9.59 Å². The Kier molecular flexibility index (Phi) is 7.27. The van der Waals surface area contributed by atoms with Crippen molar-refractivity contribution in [3.8, 4) is 0 Å². The first-order valence-electron chi connectivity index (χ1n) is 4.89. The Labute approximate surface area is 89.6 Å². The topological polar surface area (TPSA) is 78.4 Å². The van der Waals surface area contributed by atoms with Gasteiger partial charge < -0.3 is 15.7 Å². The van der Waals surface area contributed by atoms with Gasteiger partial charge in [-0.3, -0.25) is 9.59 Å². The predicted molar refractivity (Wildman–Crippen MR) is 57.5 cm³/mol. The molecule has 0 spiro atoms. The molecule has 1 amide bonds. The van der Waals surface area contributed by atoms with Gasteiger partial charge in [-0.1, -0.05) is 6.08 Å². The van der Waals surface area contributed by atoms with Gasteiger partial charge in [-0.05, 0) is 13.3 Å². The van der Waals surface area contributed by atoms with Crippen LogP contribution in [0.1, 0.15) is 19.8 Å². The molecule has 0 aliphatic heterocycles. The molecule has 0 saturated carbocycles. The van der Waals surface area contributed by atoms with Crippen molar-refractivity contribution in [2.45, 2.75) is 25.8 Å². The van der Waals surface area contributed by atoms with E-state index in [1.807, 2.05) is 0 Å². The third-order valence-electron chi connectivity index (χ3n) is 1.77. The number of carbonyl (C=O) groups is 2. The zero-order chi connectivity index (χ0) is 11.7. The standard InChI is InChI=1S/C10H18N2O3/c1-3-6-11-7-9(13)12-8(2)4-5-10(14)15/h3,8,11H,1,4-7H2,2H3,(H,12,13)(H,14,15). The van der Waals surface area contributed by atoms with Gasteiger partial charge in [-0.15, -0.1) is 6.58 Å². The van der Waals surface area contributed by atoms with Crippen LogP contribution < -0.4 is 10.6 Å². The van der Waals surface area contributed by atoms with Gasteiger partial charge in [0.2, 0.25) is 5.91 Å². The van der Waals surface area contributed by atoms with Crippen molar-refractivity contribution >= 4 is 11.9 Å². The average Bonchev–Trinajstić information content (AvgIpc) is 2.15. The molecule has 5 heteroatoms. The van der Waals surface area contributed by atoms with E-state index in [4.69, 9.17) is 5.11 Å². The first kappa shape index (κ1) is 13.6. The van der Waals surface area contributed by atoms with Crippen LogP contribution in [0.5, 0.6) is 0 Å². The minimum Gasteiger partial charge on any atom is -0.481 e. The van der Waals surface area contributed by atoms with Crippen LogP contribution in [-0.4, -0.2) is 36.1 Å². The number of carboxylic acids is 1. The first-order chi connectivity index (χ1) is 7.06. The van der Waals surface area contributed by atoms with Crippen LogP contribution in [0.15, 0.2) is 12.7 Å². The van der Waals surface area contributed by atoms with Gasteiger partial charge in [-0.2, -0.15) is 0 Å². The summed E-state index contributed by atoms with van der Waals surface area (Å²) in [7, 11) is 0. The molecule has 0 aromatic heterocycles. The van der Waals surface area contributed by atoms with Gasteiger partial charge in [0, 0.05) is 19.0 Å². The smallest absolute Gasteiger partial charge is 0.303 e. The zero-order valence-corrected chi connectivity index (χ0v) is 8.95. The Morgan fingerprint density at radius 3 is 2.73 bits per heavy atom. The molecule has 1 unspecified atom stereocenters. The fourth-order valence-electron chi connectivity index (χ4n) is 1.03. The minimum atomic E-state index is -0.846. The van der Waals surface area contributed by atoms with Crippen LogP contribution in [0.3, 0.4) is 0 Å². The molecule has 0 bridgehead atoms.